The first kappa shape index (κ1) is 13.9. The highest BCUT2D eigenvalue weighted by Crippen LogP contribution is 2.25. The van der Waals surface area contributed by atoms with Crippen LogP contribution in [0.5, 0.6) is 0 Å². The average molecular weight is 291 g/mol. The zero-order valence-electron chi connectivity index (χ0n) is 10.3. The van der Waals surface area contributed by atoms with E-state index in [1.807, 2.05) is 0 Å². The van der Waals surface area contributed by atoms with E-state index in [0.717, 1.165) is 0 Å². The zero-order chi connectivity index (χ0) is 14.7. The van der Waals surface area contributed by atoms with Crippen molar-refractivity contribution in [3.05, 3.63) is 58.6 Å². The van der Waals surface area contributed by atoms with Crippen LogP contribution in [0.3, 0.4) is 0 Å². The highest BCUT2D eigenvalue weighted by molar-refractivity contribution is 6.33. The number of benzene rings is 2. The van der Waals surface area contributed by atoms with Crippen molar-refractivity contribution in [2.45, 2.75) is 0 Å². The smallest absolute Gasteiger partial charge is 0.337 e. The topological polar surface area (TPSA) is 92.4 Å². The molecule has 2 rings (SSSR count). The summed E-state index contributed by atoms with van der Waals surface area (Å²) in [4.78, 5) is 22.3. The first-order valence-electron chi connectivity index (χ1n) is 5.67. The number of carboxylic acids is 1. The molecule has 5 nitrogen and oxygen atoms in total. The van der Waals surface area contributed by atoms with Gasteiger partial charge in [0.15, 0.2) is 0 Å². The van der Waals surface area contributed by atoms with Crippen LogP contribution >= 0.6 is 11.6 Å². The van der Waals surface area contributed by atoms with Gasteiger partial charge in [0.1, 0.15) is 0 Å². The highest BCUT2D eigenvalue weighted by atomic mass is 35.5. The second-order valence-electron chi connectivity index (χ2n) is 4.03. The van der Waals surface area contributed by atoms with Crippen molar-refractivity contribution in [3.63, 3.8) is 0 Å². The van der Waals surface area contributed by atoms with E-state index in [0.29, 0.717) is 16.9 Å². The highest BCUT2D eigenvalue weighted by Gasteiger charge is 2.11. The fourth-order valence-corrected chi connectivity index (χ4v) is 1.93. The van der Waals surface area contributed by atoms with E-state index < -0.39 is 11.9 Å². The van der Waals surface area contributed by atoms with Crippen LogP contribution in [0.25, 0.3) is 0 Å². The van der Waals surface area contributed by atoms with Gasteiger partial charge in [-0.15, -0.1) is 0 Å². The second-order valence-corrected chi connectivity index (χ2v) is 4.44. The maximum atomic E-state index is 11.3. The summed E-state index contributed by atoms with van der Waals surface area (Å²) in [5, 5.41) is 12.1. The van der Waals surface area contributed by atoms with Gasteiger partial charge in [-0.1, -0.05) is 23.7 Å². The predicted molar refractivity (Wildman–Crippen MR) is 76.7 cm³/mol. The van der Waals surface area contributed by atoms with Crippen molar-refractivity contribution in [1.29, 1.82) is 0 Å². The Bertz CT molecular complexity index is 686. The molecule has 20 heavy (non-hydrogen) atoms. The van der Waals surface area contributed by atoms with E-state index in [4.69, 9.17) is 22.4 Å². The van der Waals surface area contributed by atoms with E-state index in [1.54, 1.807) is 30.3 Å². The van der Waals surface area contributed by atoms with E-state index >= 15 is 0 Å². The third-order valence-electron chi connectivity index (χ3n) is 2.67. The monoisotopic (exact) mass is 290 g/mol. The molecule has 2 aromatic carbocycles. The van der Waals surface area contributed by atoms with Crippen LogP contribution < -0.4 is 11.1 Å². The minimum Gasteiger partial charge on any atom is -0.478 e. The average Bonchev–Trinajstić information content (AvgIpc) is 2.41. The molecule has 102 valence electrons. The van der Waals surface area contributed by atoms with Crippen LogP contribution in [-0.2, 0) is 0 Å². The molecule has 0 saturated carbocycles. The van der Waals surface area contributed by atoms with Gasteiger partial charge in [0.05, 0.1) is 21.8 Å². The molecule has 0 bridgehead atoms. The van der Waals surface area contributed by atoms with E-state index in [9.17, 15) is 9.59 Å². The molecule has 0 spiro atoms. The van der Waals surface area contributed by atoms with Gasteiger partial charge < -0.3 is 16.2 Å². The number of nitrogens with two attached hydrogens (primary N) is 1. The summed E-state index contributed by atoms with van der Waals surface area (Å²) in [6.07, 6.45) is 0. The third kappa shape index (κ3) is 2.89. The van der Waals surface area contributed by atoms with Gasteiger partial charge in [0.2, 0.25) is 0 Å². The quantitative estimate of drug-likeness (QED) is 0.807. The molecule has 0 unspecified atom stereocenters. The Morgan fingerprint density at radius 1 is 1.10 bits per heavy atom. The summed E-state index contributed by atoms with van der Waals surface area (Å²) in [7, 11) is 0. The van der Waals surface area contributed by atoms with Crippen molar-refractivity contribution in [2.75, 3.05) is 5.32 Å². The zero-order valence-corrected chi connectivity index (χ0v) is 11.0. The van der Waals surface area contributed by atoms with Crippen molar-refractivity contribution >= 4 is 34.9 Å². The molecule has 6 heteroatoms. The Hall–Kier alpha value is -2.53. The third-order valence-corrected chi connectivity index (χ3v) is 3.00. The van der Waals surface area contributed by atoms with Crippen LogP contribution in [0, 0.1) is 0 Å². The normalized spacial score (nSPS) is 10.1. The van der Waals surface area contributed by atoms with Crippen LogP contribution in [0.4, 0.5) is 11.4 Å². The minimum atomic E-state index is -1.12. The van der Waals surface area contributed by atoms with Gasteiger partial charge >= 0.3 is 5.97 Å². The number of para-hydroxylation sites is 1. The number of nitrogens with one attached hydrogen (secondary N) is 1. The summed E-state index contributed by atoms with van der Waals surface area (Å²) in [5.74, 6) is -1.69. The number of primary amides is 1. The molecule has 0 aliphatic rings. The second kappa shape index (κ2) is 5.63. The lowest BCUT2D eigenvalue weighted by Gasteiger charge is -2.11. The van der Waals surface area contributed by atoms with Crippen LogP contribution in [0.15, 0.2) is 42.5 Å². The van der Waals surface area contributed by atoms with Gasteiger partial charge in [0.25, 0.3) is 5.91 Å². The van der Waals surface area contributed by atoms with Gasteiger partial charge in [-0.25, -0.2) is 4.79 Å². The molecule has 0 fully saturated rings. The van der Waals surface area contributed by atoms with Crippen molar-refractivity contribution in [1.82, 2.24) is 0 Å². The summed E-state index contributed by atoms with van der Waals surface area (Å²) >= 11 is 5.79. The van der Waals surface area contributed by atoms with Crippen LogP contribution in [0.1, 0.15) is 20.7 Å². The number of anilines is 2. The molecule has 0 atom stereocenters. The first-order valence-corrected chi connectivity index (χ1v) is 6.05. The van der Waals surface area contributed by atoms with Gasteiger partial charge in [-0.2, -0.15) is 0 Å². The number of aromatic carboxylic acids is 1. The maximum Gasteiger partial charge on any atom is 0.337 e. The standard InChI is InChI=1S/C14H11ClN2O3/c15-11-6-5-8(7-10(11)14(19)20)17-12-4-2-1-3-9(12)13(16)18/h1-7,17H,(H2,16,18)(H,19,20). The van der Waals surface area contributed by atoms with Crippen molar-refractivity contribution in [3.8, 4) is 0 Å². The molecule has 0 radical (unpaired) electrons. The fraction of sp³-hybridized carbons (Fsp3) is 0. The Labute approximate surface area is 120 Å². The predicted octanol–water partition coefficient (Wildman–Crippen LogP) is 2.88. The molecule has 1 amide bonds. The number of carbonyl (C=O) groups excluding carboxylic acids is 1. The number of hydrogen-bond acceptors (Lipinski definition) is 3. The van der Waals surface area contributed by atoms with Crippen molar-refractivity contribution in [2.24, 2.45) is 5.73 Å². The summed E-state index contributed by atoms with van der Waals surface area (Å²) < 4.78 is 0. The lowest BCUT2D eigenvalue weighted by Crippen LogP contribution is -2.13. The number of carboxylic acid groups (broad SMARTS) is 1. The summed E-state index contributed by atoms with van der Waals surface area (Å²) in [6, 6.07) is 11.2. The minimum absolute atomic E-state index is 0.0202. The summed E-state index contributed by atoms with van der Waals surface area (Å²) in [5.41, 5.74) is 6.57. The Morgan fingerprint density at radius 2 is 1.80 bits per heavy atom. The largest absolute Gasteiger partial charge is 0.478 e. The first-order chi connectivity index (χ1) is 9.49. The molecular formula is C14H11ClN2O3. The number of amides is 1. The summed E-state index contributed by atoms with van der Waals surface area (Å²) in [6.45, 7) is 0. The fourth-order valence-electron chi connectivity index (χ4n) is 1.73. The van der Waals surface area contributed by atoms with Gasteiger partial charge in [0, 0.05) is 5.69 Å². The van der Waals surface area contributed by atoms with Gasteiger partial charge in [-0.3, -0.25) is 4.79 Å². The van der Waals surface area contributed by atoms with Crippen molar-refractivity contribution < 1.29 is 14.7 Å². The van der Waals surface area contributed by atoms with Crippen LogP contribution in [-0.4, -0.2) is 17.0 Å². The molecule has 2 aromatic rings. The molecule has 0 aromatic heterocycles. The number of hydrogen-bond donors (Lipinski definition) is 3. The van der Waals surface area contributed by atoms with E-state index in [1.165, 1.54) is 12.1 Å². The van der Waals surface area contributed by atoms with E-state index in [2.05, 4.69) is 5.32 Å². The Balaban J connectivity index is 2.38. The molecule has 0 aliphatic carbocycles. The molecule has 0 saturated heterocycles. The molecule has 4 N–H and O–H groups in total. The number of halogens is 1. The molecule has 0 aliphatic heterocycles. The lowest BCUT2D eigenvalue weighted by molar-refractivity contribution is 0.0697. The van der Waals surface area contributed by atoms with Crippen LogP contribution in [0.2, 0.25) is 5.02 Å². The number of rotatable bonds is 4. The Morgan fingerprint density at radius 3 is 2.45 bits per heavy atom. The maximum absolute atomic E-state index is 11.3. The number of carbonyl (C=O) groups is 2. The van der Waals surface area contributed by atoms with Gasteiger partial charge in [-0.05, 0) is 30.3 Å². The lowest BCUT2D eigenvalue weighted by atomic mass is 10.1. The Kier molecular flexibility index (Phi) is 3.91. The molecular weight excluding hydrogens is 280 g/mol. The molecule has 0 heterocycles. The SMILES string of the molecule is NC(=O)c1ccccc1Nc1ccc(Cl)c(C(=O)O)c1. The van der Waals surface area contributed by atoms with E-state index in [-0.39, 0.29) is 10.6 Å².